The second kappa shape index (κ2) is 9.43. The first kappa shape index (κ1) is 24.0. The summed E-state index contributed by atoms with van der Waals surface area (Å²) in [6.45, 7) is 0.918. The minimum atomic E-state index is -4.45. The summed E-state index contributed by atoms with van der Waals surface area (Å²) in [7, 11) is 1.55. The molecule has 2 heterocycles. The number of halogens is 4. The van der Waals surface area contributed by atoms with Gasteiger partial charge in [0.1, 0.15) is 5.01 Å². The van der Waals surface area contributed by atoms with E-state index in [0.29, 0.717) is 30.5 Å². The van der Waals surface area contributed by atoms with E-state index in [4.69, 9.17) is 0 Å². The molecule has 7 nitrogen and oxygen atoms in total. The number of allylic oxidation sites excluding steroid dienone is 2. The molecule has 4 rings (SSSR count). The molecule has 1 saturated carbocycles. The van der Waals surface area contributed by atoms with Crippen LogP contribution in [0.15, 0.2) is 22.5 Å². The average Bonchev–Trinajstić information content (AvgIpc) is 3.47. The van der Waals surface area contributed by atoms with Gasteiger partial charge >= 0.3 is 6.18 Å². The largest absolute Gasteiger partial charge is 0.434 e. The average molecular weight is 569 g/mol. The number of carbonyl (C=O) groups is 2. The van der Waals surface area contributed by atoms with Gasteiger partial charge in [-0.2, -0.15) is 13.2 Å². The standard InChI is InChI=1S/C19H22F3N5O2S.HI/c1-23-18(25-8-13-26-12(9-30-13)19(20,21)22)24-5-2-6-27-16(28)14-10-3-4-11(7-10)15(14)17(27)29;/h3-4,9-11,14-15H,2,5-8H2,1H3,(H2,23,24,25);1H. The molecule has 0 radical (unpaired) electrons. The van der Waals surface area contributed by atoms with Crippen LogP contribution in [0.2, 0.25) is 0 Å². The Morgan fingerprint density at radius 1 is 1.23 bits per heavy atom. The molecule has 2 N–H and O–H groups in total. The summed E-state index contributed by atoms with van der Waals surface area (Å²) < 4.78 is 37.8. The van der Waals surface area contributed by atoms with Crippen molar-refractivity contribution in [1.29, 1.82) is 0 Å². The van der Waals surface area contributed by atoms with Gasteiger partial charge in [-0.1, -0.05) is 12.2 Å². The zero-order valence-electron chi connectivity index (χ0n) is 16.7. The van der Waals surface area contributed by atoms with E-state index in [1.165, 1.54) is 4.90 Å². The first-order chi connectivity index (χ1) is 14.3. The summed E-state index contributed by atoms with van der Waals surface area (Å²) in [4.78, 5) is 34.2. The number of amides is 2. The SMILES string of the molecule is CN=C(NCCCN1C(=O)C2C3C=CC(C3)C2C1=O)NCc1nc(C(F)(F)F)cs1.I. The van der Waals surface area contributed by atoms with Crippen molar-refractivity contribution in [3.05, 3.63) is 28.2 Å². The van der Waals surface area contributed by atoms with Crippen molar-refractivity contribution in [2.24, 2.45) is 28.7 Å². The van der Waals surface area contributed by atoms with E-state index in [1.54, 1.807) is 7.05 Å². The third-order valence-corrected chi connectivity index (χ3v) is 6.73. The minimum absolute atomic E-state index is 0. The van der Waals surface area contributed by atoms with Crippen molar-refractivity contribution in [3.63, 3.8) is 0 Å². The van der Waals surface area contributed by atoms with Gasteiger partial charge in [-0.3, -0.25) is 19.5 Å². The number of imide groups is 1. The molecule has 170 valence electrons. The Morgan fingerprint density at radius 2 is 1.87 bits per heavy atom. The van der Waals surface area contributed by atoms with E-state index in [2.05, 4.69) is 32.8 Å². The summed E-state index contributed by atoms with van der Waals surface area (Å²) in [6, 6.07) is 0. The van der Waals surface area contributed by atoms with E-state index in [1.807, 2.05) is 0 Å². The number of thiazole rings is 1. The second-order valence-corrected chi connectivity index (χ2v) is 8.60. The van der Waals surface area contributed by atoms with Crippen LogP contribution in [-0.2, 0) is 22.3 Å². The van der Waals surface area contributed by atoms with Gasteiger partial charge in [0.2, 0.25) is 11.8 Å². The molecule has 0 aromatic carbocycles. The number of aromatic nitrogens is 1. The van der Waals surface area contributed by atoms with Gasteiger partial charge in [-0.25, -0.2) is 4.98 Å². The van der Waals surface area contributed by atoms with Gasteiger partial charge in [0.25, 0.3) is 0 Å². The quantitative estimate of drug-likeness (QED) is 0.138. The molecule has 1 aromatic heterocycles. The molecule has 0 spiro atoms. The highest BCUT2D eigenvalue weighted by Crippen LogP contribution is 2.52. The summed E-state index contributed by atoms with van der Waals surface area (Å²) >= 11 is 0.925. The fourth-order valence-corrected chi connectivity index (χ4v) is 5.27. The lowest BCUT2D eigenvalue weighted by atomic mass is 9.85. The van der Waals surface area contributed by atoms with Crippen LogP contribution in [0.3, 0.4) is 0 Å². The van der Waals surface area contributed by atoms with E-state index >= 15 is 0 Å². The fraction of sp³-hybridized carbons (Fsp3) is 0.579. The molecule has 31 heavy (non-hydrogen) atoms. The predicted octanol–water partition coefficient (Wildman–Crippen LogP) is 2.64. The Hall–Kier alpha value is -1.70. The van der Waals surface area contributed by atoms with Crippen LogP contribution >= 0.6 is 35.3 Å². The number of guanidine groups is 1. The van der Waals surface area contributed by atoms with E-state index < -0.39 is 11.9 Å². The molecule has 12 heteroatoms. The van der Waals surface area contributed by atoms with Crippen LogP contribution in [0.4, 0.5) is 13.2 Å². The number of nitrogens with one attached hydrogen (secondary N) is 2. The minimum Gasteiger partial charge on any atom is -0.356 e. The molecule has 4 atom stereocenters. The van der Waals surface area contributed by atoms with Gasteiger partial charge in [0.05, 0.1) is 18.4 Å². The monoisotopic (exact) mass is 569 g/mol. The molecule has 2 bridgehead atoms. The van der Waals surface area contributed by atoms with Crippen LogP contribution in [0.25, 0.3) is 0 Å². The molecular formula is C19H23F3IN5O2S. The Labute approximate surface area is 198 Å². The zero-order chi connectivity index (χ0) is 21.5. The van der Waals surface area contributed by atoms with Gasteiger partial charge in [0, 0.05) is 25.5 Å². The first-order valence-corrected chi connectivity index (χ1v) is 10.7. The molecule has 1 aromatic rings. The molecule has 2 amide bonds. The Kier molecular flexibility index (Phi) is 7.28. The van der Waals surface area contributed by atoms with E-state index in [-0.39, 0.29) is 66.0 Å². The summed E-state index contributed by atoms with van der Waals surface area (Å²) in [6.07, 6.45) is 1.15. The van der Waals surface area contributed by atoms with Crippen LogP contribution in [-0.4, -0.2) is 47.8 Å². The van der Waals surface area contributed by atoms with Crippen molar-refractivity contribution in [2.45, 2.75) is 25.6 Å². The number of nitrogens with zero attached hydrogens (tertiary/aromatic N) is 3. The number of fused-ring (bicyclic) bond motifs is 5. The third-order valence-electron chi connectivity index (χ3n) is 5.89. The van der Waals surface area contributed by atoms with Crippen molar-refractivity contribution >= 4 is 53.1 Å². The Morgan fingerprint density at radius 3 is 2.42 bits per heavy atom. The second-order valence-electron chi connectivity index (χ2n) is 7.66. The van der Waals surface area contributed by atoms with Crippen LogP contribution in [0, 0.1) is 23.7 Å². The van der Waals surface area contributed by atoms with Crippen LogP contribution in [0.1, 0.15) is 23.5 Å². The smallest absolute Gasteiger partial charge is 0.356 e. The topological polar surface area (TPSA) is 86.7 Å². The molecule has 1 aliphatic heterocycles. The number of carbonyl (C=O) groups excluding carboxylic acids is 2. The molecule has 4 unspecified atom stereocenters. The number of rotatable bonds is 6. The van der Waals surface area contributed by atoms with E-state index in [9.17, 15) is 22.8 Å². The van der Waals surface area contributed by atoms with Crippen molar-refractivity contribution < 1.29 is 22.8 Å². The van der Waals surface area contributed by atoms with Gasteiger partial charge in [0.15, 0.2) is 11.7 Å². The highest BCUT2D eigenvalue weighted by atomic mass is 127. The number of hydrogen-bond donors (Lipinski definition) is 2. The fourth-order valence-electron chi connectivity index (χ4n) is 4.53. The van der Waals surface area contributed by atoms with Crippen molar-refractivity contribution in [3.8, 4) is 0 Å². The number of hydrogen-bond acceptors (Lipinski definition) is 5. The maximum atomic E-state index is 12.6. The van der Waals surface area contributed by atoms with E-state index in [0.717, 1.165) is 23.1 Å². The Bertz CT molecular complexity index is 873. The summed E-state index contributed by atoms with van der Waals surface area (Å²) in [5.41, 5.74) is -0.902. The number of likely N-dealkylation sites (tertiary alicyclic amines) is 1. The van der Waals surface area contributed by atoms with Crippen molar-refractivity contribution in [1.82, 2.24) is 20.5 Å². The first-order valence-electron chi connectivity index (χ1n) is 9.79. The summed E-state index contributed by atoms with van der Waals surface area (Å²) in [5.74, 6) is 0.321. The van der Waals surface area contributed by atoms with Gasteiger partial charge < -0.3 is 10.6 Å². The lowest BCUT2D eigenvalue weighted by Crippen LogP contribution is -2.39. The molecule has 1 saturated heterocycles. The van der Waals surface area contributed by atoms with Crippen LogP contribution in [0.5, 0.6) is 0 Å². The molecule has 2 aliphatic carbocycles. The summed E-state index contributed by atoms with van der Waals surface area (Å²) in [5, 5.41) is 7.23. The normalized spacial score (nSPS) is 27.0. The highest BCUT2D eigenvalue weighted by molar-refractivity contribution is 14.0. The lowest BCUT2D eigenvalue weighted by molar-refractivity contribution is -0.141. The lowest BCUT2D eigenvalue weighted by Gasteiger charge is -2.17. The third kappa shape index (κ3) is 4.73. The van der Waals surface area contributed by atoms with Gasteiger partial charge in [-0.15, -0.1) is 35.3 Å². The van der Waals surface area contributed by atoms with Crippen molar-refractivity contribution in [2.75, 3.05) is 20.1 Å². The zero-order valence-corrected chi connectivity index (χ0v) is 19.8. The Balaban J connectivity index is 0.00000272. The molecule has 2 fully saturated rings. The maximum absolute atomic E-state index is 12.6. The van der Waals surface area contributed by atoms with Gasteiger partial charge in [-0.05, 0) is 24.7 Å². The molecular weight excluding hydrogens is 546 g/mol. The molecule has 3 aliphatic rings. The number of alkyl halides is 3. The number of aliphatic imine (C=N–C) groups is 1. The maximum Gasteiger partial charge on any atom is 0.434 e. The van der Waals surface area contributed by atoms with Crippen LogP contribution < -0.4 is 10.6 Å². The highest BCUT2D eigenvalue weighted by Gasteiger charge is 2.58. The predicted molar refractivity (Wildman–Crippen MR) is 120 cm³/mol.